The molecule has 1 amide bonds. The normalized spacial score (nSPS) is 11.5. The molecule has 2 N–H and O–H groups in total. The molecular weight excluding hydrogens is 415 g/mol. The Hall–Kier alpha value is -2.78. The smallest absolute Gasteiger partial charge is 0.390 e. The predicted octanol–water partition coefficient (Wildman–Crippen LogP) is 4.00. The van der Waals surface area contributed by atoms with Crippen molar-refractivity contribution < 1.29 is 23.1 Å². The van der Waals surface area contributed by atoms with E-state index in [-0.39, 0.29) is 24.8 Å². The standard InChI is InChI=1S/C21H20F3N3O2S/c22-21(23,24)17-8-4-7-16(9-17)14-30-20-26-11-18(13-28)27(20)12-19(29)25-10-15-5-2-1-3-6-15/h1-9,11,28H,10,12-14H2,(H,25,29). The lowest BCUT2D eigenvalue weighted by Gasteiger charge is -2.12. The molecule has 0 aliphatic heterocycles. The van der Waals surface area contributed by atoms with Crippen molar-refractivity contribution in [2.24, 2.45) is 0 Å². The highest BCUT2D eigenvalue weighted by Crippen LogP contribution is 2.31. The number of alkyl halides is 3. The molecule has 1 aromatic heterocycles. The van der Waals surface area contributed by atoms with Crippen LogP contribution in [0.1, 0.15) is 22.4 Å². The molecule has 0 aliphatic carbocycles. The number of amides is 1. The Bertz CT molecular complexity index is 991. The molecule has 9 heteroatoms. The van der Waals surface area contributed by atoms with Crippen LogP contribution in [-0.4, -0.2) is 20.6 Å². The Balaban J connectivity index is 1.65. The largest absolute Gasteiger partial charge is 0.416 e. The van der Waals surface area contributed by atoms with Crippen molar-refractivity contribution in [2.75, 3.05) is 0 Å². The molecule has 158 valence electrons. The van der Waals surface area contributed by atoms with E-state index in [1.807, 2.05) is 30.3 Å². The molecule has 1 heterocycles. The number of carbonyl (C=O) groups is 1. The van der Waals surface area contributed by atoms with Gasteiger partial charge in [-0.15, -0.1) is 0 Å². The summed E-state index contributed by atoms with van der Waals surface area (Å²) >= 11 is 1.21. The Labute approximate surface area is 175 Å². The van der Waals surface area contributed by atoms with Gasteiger partial charge in [-0.25, -0.2) is 4.98 Å². The Morgan fingerprint density at radius 2 is 1.83 bits per heavy atom. The maximum absolute atomic E-state index is 12.9. The number of rotatable bonds is 8. The van der Waals surface area contributed by atoms with Gasteiger partial charge >= 0.3 is 6.18 Å². The molecule has 5 nitrogen and oxygen atoms in total. The zero-order chi connectivity index (χ0) is 21.6. The van der Waals surface area contributed by atoms with Crippen LogP contribution in [0.2, 0.25) is 0 Å². The van der Waals surface area contributed by atoms with Crippen LogP contribution in [0.3, 0.4) is 0 Å². The fourth-order valence-corrected chi connectivity index (χ4v) is 3.72. The molecule has 3 aromatic rings. The number of imidazole rings is 1. The van der Waals surface area contributed by atoms with Crippen molar-refractivity contribution >= 4 is 17.7 Å². The van der Waals surface area contributed by atoms with Gasteiger partial charge in [0, 0.05) is 12.3 Å². The molecule has 0 saturated heterocycles. The minimum absolute atomic E-state index is 0.0480. The number of nitrogens with one attached hydrogen (secondary N) is 1. The molecule has 3 rings (SSSR count). The number of thioether (sulfide) groups is 1. The summed E-state index contributed by atoms with van der Waals surface area (Å²) < 4.78 is 40.2. The number of carbonyl (C=O) groups excluding carboxylic acids is 1. The molecule has 0 spiro atoms. The molecule has 0 bridgehead atoms. The molecule has 0 saturated carbocycles. The number of nitrogens with zero attached hydrogens (tertiary/aromatic N) is 2. The van der Waals surface area contributed by atoms with Crippen LogP contribution in [0.5, 0.6) is 0 Å². The van der Waals surface area contributed by atoms with Gasteiger partial charge in [0.05, 0.1) is 24.1 Å². The summed E-state index contributed by atoms with van der Waals surface area (Å²) in [6.45, 7) is 0.0201. The Morgan fingerprint density at radius 1 is 1.10 bits per heavy atom. The summed E-state index contributed by atoms with van der Waals surface area (Å²) in [7, 11) is 0. The fraction of sp³-hybridized carbons (Fsp3) is 0.238. The summed E-state index contributed by atoms with van der Waals surface area (Å²) in [5.74, 6) is -0.00951. The van der Waals surface area contributed by atoms with E-state index in [1.165, 1.54) is 24.0 Å². The maximum atomic E-state index is 12.9. The van der Waals surface area contributed by atoms with Crippen molar-refractivity contribution in [1.82, 2.24) is 14.9 Å². The van der Waals surface area contributed by atoms with Gasteiger partial charge in [0.25, 0.3) is 0 Å². The van der Waals surface area contributed by atoms with E-state index in [1.54, 1.807) is 10.6 Å². The van der Waals surface area contributed by atoms with Gasteiger partial charge in [0.15, 0.2) is 5.16 Å². The lowest BCUT2D eigenvalue weighted by Crippen LogP contribution is -2.28. The lowest BCUT2D eigenvalue weighted by molar-refractivity contribution is -0.137. The van der Waals surface area contributed by atoms with Crippen LogP contribution in [0.15, 0.2) is 66.0 Å². The third kappa shape index (κ3) is 5.87. The van der Waals surface area contributed by atoms with Gasteiger partial charge in [-0.3, -0.25) is 4.79 Å². The second-order valence-corrected chi connectivity index (χ2v) is 7.47. The monoisotopic (exact) mass is 435 g/mol. The molecule has 0 radical (unpaired) electrons. The van der Waals surface area contributed by atoms with Gasteiger partial charge in [-0.05, 0) is 17.2 Å². The maximum Gasteiger partial charge on any atom is 0.416 e. The molecule has 0 fully saturated rings. The quantitative estimate of drug-likeness (QED) is 0.525. The molecule has 0 unspecified atom stereocenters. The number of benzene rings is 2. The Kier molecular flexibility index (Phi) is 7.17. The highest BCUT2D eigenvalue weighted by atomic mass is 32.2. The van der Waals surface area contributed by atoms with Gasteiger partial charge in [-0.1, -0.05) is 60.3 Å². The average Bonchev–Trinajstić information content (AvgIpc) is 3.12. The number of aliphatic hydroxyl groups is 1. The van der Waals surface area contributed by atoms with E-state index in [0.717, 1.165) is 17.7 Å². The highest BCUT2D eigenvalue weighted by Gasteiger charge is 2.30. The first-order valence-electron chi connectivity index (χ1n) is 9.11. The summed E-state index contributed by atoms with van der Waals surface area (Å²) in [5.41, 5.74) is 1.19. The first-order chi connectivity index (χ1) is 14.4. The van der Waals surface area contributed by atoms with Crippen molar-refractivity contribution in [3.8, 4) is 0 Å². The number of halogens is 3. The SMILES string of the molecule is O=C(Cn1c(CO)cnc1SCc1cccc(C(F)(F)F)c1)NCc1ccccc1. The lowest BCUT2D eigenvalue weighted by atomic mass is 10.1. The van der Waals surface area contributed by atoms with E-state index < -0.39 is 11.7 Å². The topological polar surface area (TPSA) is 67.2 Å². The minimum atomic E-state index is -4.40. The summed E-state index contributed by atoms with van der Waals surface area (Å²) in [6, 6.07) is 14.5. The first-order valence-corrected chi connectivity index (χ1v) is 10.1. The van der Waals surface area contributed by atoms with Crippen LogP contribution < -0.4 is 5.32 Å². The van der Waals surface area contributed by atoms with E-state index in [2.05, 4.69) is 10.3 Å². The number of hydrogen-bond acceptors (Lipinski definition) is 4. The van der Waals surface area contributed by atoms with Crippen molar-refractivity contribution in [2.45, 2.75) is 36.8 Å². The molecule has 2 aromatic carbocycles. The third-order valence-electron chi connectivity index (χ3n) is 4.32. The number of hydrogen-bond donors (Lipinski definition) is 2. The second kappa shape index (κ2) is 9.82. The van der Waals surface area contributed by atoms with Crippen LogP contribution in [0.25, 0.3) is 0 Å². The summed E-state index contributed by atoms with van der Waals surface area (Å²) in [6.07, 6.45) is -2.95. The summed E-state index contributed by atoms with van der Waals surface area (Å²) in [5, 5.41) is 12.8. The van der Waals surface area contributed by atoms with Crippen molar-refractivity contribution in [1.29, 1.82) is 0 Å². The molecule has 0 atom stereocenters. The van der Waals surface area contributed by atoms with Crippen molar-refractivity contribution in [3.05, 3.63) is 83.2 Å². The second-order valence-electron chi connectivity index (χ2n) is 6.53. The van der Waals surface area contributed by atoms with Gasteiger partial charge < -0.3 is 15.0 Å². The summed E-state index contributed by atoms with van der Waals surface area (Å²) in [4.78, 5) is 16.6. The average molecular weight is 435 g/mol. The highest BCUT2D eigenvalue weighted by molar-refractivity contribution is 7.98. The number of aromatic nitrogens is 2. The molecule has 30 heavy (non-hydrogen) atoms. The zero-order valence-corrected chi connectivity index (χ0v) is 16.7. The van der Waals surface area contributed by atoms with E-state index >= 15 is 0 Å². The first kappa shape index (κ1) is 21.9. The van der Waals surface area contributed by atoms with Crippen LogP contribution in [0, 0.1) is 0 Å². The van der Waals surface area contributed by atoms with Gasteiger partial charge in [-0.2, -0.15) is 13.2 Å². The van der Waals surface area contributed by atoms with Crippen LogP contribution in [0.4, 0.5) is 13.2 Å². The van der Waals surface area contributed by atoms with Crippen molar-refractivity contribution in [3.63, 3.8) is 0 Å². The van der Waals surface area contributed by atoms with Crippen LogP contribution >= 0.6 is 11.8 Å². The predicted molar refractivity (Wildman–Crippen MR) is 107 cm³/mol. The Morgan fingerprint density at radius 3 is 2.53 bits per heavy atom. The molecular formula is C21H20F3N3O2S. The van der Waals surface area contributed by atoms with E-state index in [9.17, 15) is 23.1 Å². The third-order valence-corrected chi connectivity index (χ3v) is 5.38. The zero-order valence-electron chi connectivity index (χ0n) is 15.9. The molecule has 0 aliphatic rings. The minimum Gasteiger partial charge on any atom is -0.390 e. The van der Waals surface area contributed by atoms with E-state index in [0.29, 0.717) is 23.0 Å². The van der Waals surface area contributed by atoms with Gasteiger partial charge in [0.1, 0.15) is 6.54 Å². The number of aliphatic hydroxyl groups excluding tert-OH is 1. The fourth-order valence-electron chi connectivity index (χ4n) is 2.78. The van der Waals surface area contributed by atoms with E-state index in [4.69, 9.17) is 0 Å². The van der Waals surface area contributed by atoms with Crippen LogP contribution in [-0.2, 0) is 36.4 Å². The van der Waals surface area contributed by atoms with Gasteiger partial charge in [0.2, 0.25) is 5.91 Å².